The molecule has 116 valence electrons. The zero-order chi connectivity index (χ0) is 15.9. The fourth-order valence-electron chi connectivity index (χ4n) is 1.91. The normalized spacial score (nSPS) is 10.3. The lowest BCUT2D eigenvalue weighted by Gasteiger charge is -2.11. The molecular formula is C15H15Cl2N3O2. The fourth-order valence-corrected chi connectivity index (χ4v) is 2.30. The summed E-state index contributed by atoms with van der Waals surface area (Å²) in [5.41, 5.74) is 1.09. The maximum atomic E-state index is 12.0. The van der Waals surface area contributed by atoms with Crippen LogP contribution in [0, 0.1) is 0 Å². The summed E-state index contributed by atoms with van der Waals surface area (Å²) in [7, 11) is 0. The third-order valence-corrected chi connectivity index (χ3v) is 3.40. The van der Waals surface area contributed by atoms with Crippen LogP contribution in [0.2, 0.25) is 10.0 Å². The van der Waals surface area contributed by atoms with Crippen molar-refractivity contribution in [2.45, 2.75) is 13.3 Å². The summed E-state index contributed by atoms with van der Waals surface area (Å²) in [4.78, 5) is 19.6. The van der Waals surface area contributed by atoms with Crippen molar-refractivity contribution in [1.29, 1.82) is 0 Å². The number of nitrogens with one attached hydrogen (secondary N) is 1. The predicted octanol–water partition coefficient (Wildman–Crippen LogP) is 3.15. The minimum absolute atomic E-state index is 0.160. The minimum atomic E-state index is -0.340. The van der Waals surface area contributed by atoms with Crippen molar-refractivity contribution in [2.75, 3.05) is 13.2 Å². The number of aromatic nitrogens is 2. The second kappa shape index (κ2) is 7.96. The van der Waals surface area contributed by atoms with Gasteiger partial charge in [0.15, 0.2) is 0 Å². The van der Waals surface area contributed by atoms with Crippen LogP contribution in [-0.4, -0.2) is 29.0 Å². The number of rotatable bonds is 6. The predicted molar refractivity (Wildman–Crippen MR) is 85.7 cm³/mol. The van der Waals surface area contributed by atoms with Gasteiger partial charge < -0.3 is 10.1 Å². The van der Waals surface area contributed by atoms with Crippen LogP contribution >= 0.6 is 23.2 Å². The molecular weight excluding hydrogens is 325 g/mol. The molecule has 0 aliphatic carbocycles. The highest BCUT2D eigenvalue weighted by molar-refractivity contribution is 6.33. The maximum Gasteiger partial charge on any atom is 0.271 e. The summed E-state index contributed by atoms with van der Waals surface area (Å²) >= 11 is 11.9. The maximum absolute atomic E-state index is 12.0. The summed E-state index contributed by atoms with van der Waals surface area (Å²) in [5.74, 6) is 0.425. The van der Waals surface area contributed by atoms with Crippen molar-refractivity contribution in [1.82, 2.24) is 15.3 Å². The minimum Gasteiger partial charge on any atom is -0.494 e. The summed E-state index contributed by atoms with van der Waals surface area (Å²) in [6.45, 7) is 2.90. The molecule has 0 fully saturated rings. The van der Waals surface area contributed by atoms with Crippen molar-refractivity contribution >= 4 is 29.1 Å². The van der Waals surface area contributed by atoms with E-state index in [0.29, 0.717) is 24.6 Å². The van der Waals surface area contributed by atoms with E-state index in [1.165, 1.54) is 12.5 Å². The van der Waals surface area contributed by atoms with Gasteiger partial charge in [0.1, 0.15) is 17.8 Å². The van der Waals surface area contributed by atoms with E-state index in [-0.39, 0.29) is 16.6 Å². The molecule has 0 radical (unpaired) electrons. The molecule has 2 aromatic rings. The van der Waals surface area contributed by atoms with Gasteiger partial charge in [0.05, 0.1) is 11.6 Å². The van der Waals surface area contributed by atoms with E-state index in [1.807, 2.05) is 19.1 Å². The first-order valence-electron chi connectivity index (χ1n) is 6.76. The number of carbonyl (C=O) groups is 1. The van der Waals surface area contributed by atoms with Gasteiger partial charge in [-0.3, -0.25) is 4.79 Å². The topological polar surface area (TPSA) is 64.1 Å². The van der Waals surface area contributed by atoms with Crippen molar-refractivity contribution in [3.05, 3.63) is 52.0 Å². The Kier molecular flexibility index (Phi) is 5.98. The Morgan fingerprint density at radius 2 is 2.18 bits per heavy atom. The molecule has 0 spiro atoms. The van der Waals surface area contributed by atoms with Crippen molar-refractivity contribution in [3.8, 4) is 5.75 Å². The highest BCUT2D eigenvalue weighted by Crippen LogP contribution is 2.23. The lowest BCUT2D eigenvalue weighted by molar-refractivity contribution is 0.0949. The van der Waals surface area contributed by atoms with E-state index in [1.54, 1.807) is 6.07 Å². The first-order valence-corrected chi connectivity index (χ1v) is 7.52. The summed E-state index contributed by atoms with van der Waals surface area (Å²) in [6, 6.07) is 5.43. The molecule has 0 saturated heterocycles. The molecule has 7 heteroatoms. The molecule has 1 aromatic heterocycles. The smallest absolute Gasteiger partial charge is 0.271 e. The first kappa shape index (κ1) is 16.5. The molecule has 0 atom stereocenters. The number of carbonyl (C=O) groups excluding carboxylic acids is 1. The van der Waals surface area contributed by atoms with Crippen molar-refractivity contribution < 1.29 is 9.53 Å². The Hall–Kier alpha value is -1.85. The van der Waals surface area contributed by atoms with Crippen molar-refractivity contribution in [2.24, 2.45) is 0 Å². The highest BCUT2D eigenvalue weighted by atomic mass is 35.5. The molecule has 2 rings (SSSR count). The molecule has 0 unspecified atom stereocenters. The van der Waals surface area contributed by atoms with Gasteiger partial charge in [-0.15, -0.1) is 0 Å². The van der Waals surface area contributed by atoms with E-state index in [2.05, 4.69) is 15.3 Å². The first-order chi connectivity index (χ1) is 10.6. The molecule has 0 bridgehead atoms. The molecule has 1 N–H and O–H groups in total. The quantitative estimate of drug-likeness (QED) is 0.877. The van der Waals surface area contributed by atoms with Crippen LogP contribution in [0.4, 0.5) is 0 Å². The Balaban J connectivity index is 1.98. The van der Waals surface area contributed by atoms with Crippen LogP contribution in [0.1, 0.15) is 23.0 Å². The van der Waals surface area contributed by atoms with E-state index >= 15 is 0 Å². The summed E-state index contributed by atoms with van der Waals surface area (Å²) in [6.07, 6.45) is 3.25. The van der Waals surface area contributed by atoms with E-state index in [9.17, 15) is 4.79 Å². The van der Waals surface area contributed by atoms with Gasteiger partial charge in [-0.1, -0.05) is 23.2 Å². The van der Waals surface area contributed by atoms with Crippen LogP contribution in [0.15, 0.2) is 30.7 Å². The van der Waals surface area contributed by atoms with Crippen LogP contribution in [-0.2, 0) is 6.42 Å². The largest absolute Gasteiger partial charge is 0.494 e. The average molecular weight is 340 g/mol. The molecule has 1 amide bonds. The monoisotopic (exact) mass is 339 g/mol. The van der Waals surface area contributed by atoms with Crippen LogP contribution < -0.4 is 10.1 Å². The van der Waals surface area contributed by atoms with Crippen LogP contribution in [0.25, 0.3) is 0 Å². The number of hydrogen-bond donors (Lipinski definition) is 1. The highest BCUT2D eigenvalue weighted by Gasteiger charge is 2.12. The van der Waals surface area contributed by atoms with E-state index < -0.39 is 0 Å². The Bertz CT molecular complexity index is 665. The SMILES string of the molecule is CCOc1ccc(Cl)cc1CCNC(=O)c1ncncc1Cl. The summed E-state index contributed by atoms with van der Waals surface area (Å²) in [5, 5.41) is 3.61. The fraction of sp³-hybridized carbons (Fsp3) is 0.267. The summed E-state index contributed by atoms with van der Waals surface area (Å²) < 4.78 is 5.54. The number of amides is 1. The second-order valence-electron chi connectivity index (χ2n) is 4.41. The zero-order valence-corrected chi connectivity index (χ0v) is 13.5. The molecule has 0 aliphatic rings. The molecule has 0 aliphatic heterocycles. The third-order valence-electron chi connectivity index (χ3n) is 2.88. The standard InChI is InChI=1S/C15H15Cl2N3O2/c1-2-22-13-4-3-11(16)7-10(13)5-6-19-15(21)14-12(17)8-18-9-20-14/h3-4,7-9H,2,5-6H2,1H3,(H,19,21). The van der Waals surface area contributed by atoms with Crippen LogP contribution in [0.5, 0.6) is 5.75 Å². The van der Waals surface area contributed by atoms with Crippen molar-refractivity contribution in [3.63, 3.8) is 0 Å². The molecule has 22 heavy (non-hydrogen) atoms. The second-order valence-corrected chi connectivity index (χ2v) is 5.25. The lowest BCUT2D eigenvalue weighted by atomic mass is 10.1. The van der Waals surface area contributed by atoms with Gasteiger partial charge in [0.2, 0.25) is 0 Å². The number of nitrogens with zero attached hydrogens (tertiary/aromatic N) is 2. The Labute approximate surface area is 138 Å². The van der Waals surface area contributed by atoms with Gasteiger partial charge in [-0.05, 0) is 37.1 Å². The number of hydrogen-bond acceptors (Lipinski definition) is 4. The van der Waals surface area contributed by atoms with Gasteiger partial charge in [0.25, 0.3) is 5.91 Å². The lowest BCUT2D eigenvalue weighted by Crippen LogP contribution is -2.27. The van der Waals surface area contributed by atoms with Gasteiger partial charge in [-0.2, -0.15) is 0 Å². The van der Waals surface area contributed by atoms with Gasteiger partial charge >= 0.3 is 0 Å². The Morgan fingerprint density at radius 1 is 1.36 bits per heavy atom. The number of benzene rings is 1. The average Bonchev–Trinajstić information content (AvgIpc) is 2.50. The van der Waals surface area contributed by atoms with E-state index in [0.717, 1.165) is 11.3 Å². The van der Waals surface area contributed by atoms with Gasteiger partial charge in [-0.25, -0.2) is 9.97 Å². The van der Waals surface area contributed by atoms with E-state index in [4.69, 9.17) is 27.9 Å². The molecule has 0 saturated carbocycles. The van der Waals surface area contributed by atoms with Crippen LogP contribution in [0.3, 0.4) is 0 Å². The zero-order valence-electron chi connectivity index (χ0n) is 12.0. The Morgan fingerprint density at radius 3 is 2.91 bits per heavy atom. The number of ether oxygens (including phenoxy) is 1. The molecule has 1 aromatic carbocycles. The number of halogens is 2. The molecule has 5 nitrogen and oxygen atoms in total. The molecule has 1 heterocycles. The van der Waals surface area contributed by atoms with Gasteiger partial charge in [0, 0.05) is 17.8 Å². The third kappa shape index (κ3) is 4.32.